The molecule has 3 aromatic rings. The maximum absolute atomic E-state index is 11.8. The van der Waals surface area contributed by atoms with Crippen LogP contribution in [0.1, 0.15) is 26.5 Å². The van der Waals surface area contributed by atoms with Crippen LogP contribution in [-0.4, -0.2) is 65.5 Å². The van der Waals surface area contributed by atoms with Gasteiger partial charge in [0.25, 0.3) is 11.5 Å². The summed E-state index contributed by atoms with van der Waals surface area (Å²) in [4.78, 5) is 47.9. The lowest BCUT2D eigenvalue weighted by molar-refractivity contribution is -0.111. The third-order valence-electron chi connectivity index (χ3n) is 5.49. The van der Waals surface area contributed by atoms with Crippen molar-refractivity contribution in [2.75, 3.05) is 26.0 Å². The number of pyridine rings is 1. The molecule has 1 aromatic carbocycles. The summed E-state index contributed by atoms with van der Waals surface area (Å²) < 4.78 is 2.00. The number of nitrogens with zero attached hydrogens (tertiary/aromatic N) is 2. The van der Waals surface area contributed by atoms with Crippen LogP contribution in [0, 0.1) is 0 Å². The van der Waals surface area contributed by atoms with Crippen molar-refractivity contribution in [1.29, 1.82) is 0 Å². The summed E-state index contributed by atoms with van der Waals surface area (Å²) in [6, 6.07) is 12.9. The van der Waals surface area contributed by atoms with E-state index in [0.29, 0.717) is 33.6 Å². The molecule has 0 spiro atoms. The SMILES string of the molecule is CN1CC(NC(=O)c2ccc(Cl)s2)CC1C=O.CNc1ccc(-n2ccccc2=O)cc1C(=O)O. The lowest BCUT2D eigenvalue weighted by Crippen LogP contribution is -2.36. The number of thiophene rings is 1. The van der Waals surface area contributed by atoms with Crippen molar-refractivity contribution in [1.82, 2.24) is 14.8 Å². The molecule has 2 aromatic heterocycles. The fourth-order valence-corrected chi connectivity index (χ4v) is 4.65. The van der Waals surface area contributed by atoms with E-state index in [1.165, 1.54) is 28.0 Å². The minimum absolute atomic E-state index is 0.0311. The van der Waals surface area contributed by atoms with Crippen molar-refractivity contribution < 1.29 is 19.5 Å². The number of carbonyl (C=O) groups excluding carboxylic acids is 2. The molecule has 1 aliphatic heterocycles. The van der Waals surface area contributed by atoms with Crippen molar-refractivity contribution >= 4 is 46.8 Å². The molecule has 1 fully saturated rings. The number of aromatic carboxylic acids is 1. The van der Waals surface area contributed by atoms with Crippen LogP contribution in [0.4, 0.5) is 5.69 Å². The molecule has 2 atom stereocenters. The fraction of sp³-hybridized carbons (Fsp3) is 0.250. The lowest BCUT2D eigenvalue weighted by atomic mass is 10.1. The fourth-order valence-electron chi connectivity index (χ4n) is 3.70. The Morgan fingerprint density at radius 1 is 1.20 bits per heavy atom. The number of benzene rings is 1. The first kappa shape index (κ1) is 26.1. The van der Waals surface area contributed by atoms with Crippen LogP contribution in [-0.2, 0) is 4.79 Å². The molecule has 0 bridgehead atoms. The summed E-state index contributed by atoms with van der Waals surface area (Å²) in [5, 5.41) is 14.8. The highest BCUT2D eigenvalue weighted by atomic mass is 35.5. The summed E-state index contributed by atoms with van der Waals surface area (Å²) in [6.07, 6.45) is 3.20. The third-order valence-corrected chi connectivity index (χ3v) is 6.72. The predicted octanol–water partition coefficient (Wildman–Crippen LogP) is 2.98. The molecule has 0 saturated carbocycles. The monoisotopic (exact) mass is 516 g/mol. The van der Waals surface area contributed by atoms with E-state index in [0.717, 1.165) is 6.29 Å². The van der Waals surface area contributed by atoms with Gasteiger partial charge < -0.3 is 20.5 Å². The average Bonchev–Trinajstić information content (AvgIpc) is 3.44. The molecule has 9 nitrogen and oxygen atoms in total. The highest BCUT2D eigenvalue weighted by molar-refractivity contribution is 7.18. The van der Waals surface area contributed by atoms with Crippen LogP contribution >= 0.6 is 22.9 Å². The van der Waals surface area contributed by atoms with Crippen LogP contribution in [0.15, 0.2) is 59.5 Å². The second-order valence-corrected chi connectivity index (χ2v) is 9.56. The lowest BCUT2D eigenvalue weighted by Gasteiger charge is -2.12. The Bertz CT molecular complexity index is 1270. The number of rotatable bonds is 6. The van der Waals surface area contributed by atoms with Gasteiger partial charge in [-0.1, -0.05) is 17.7 Å². The van der Waals surface area contributed by atoms with Gasteiger partial charge >= 0.3 is 5.97 Å². The van der Waals surface area contributed by atoms with Crippen LogP contribution in [0.25, 0.3) is 5.69 Å². The minimum Gasteiger partial charge on any atom is -0.478 e. The first-order valence-electron chi connectivity index (χ1n) is 10.7. The van der Waals surface area contributed by atoms with Gasteiger partial charge in [0.05, 0.1) is 20.8 Å². The third kappa shape index (κ3) is 6.56. The molecule has 2 unspecified atom stereocenters. The van der Waals surface area contributed by atoms with E-state index in [4.69, 9.17) is 16.7 Å². The molecule has 1 aliphatic rings. The van der Waals surface area contributed by atoms with Gasteiger partial charge in [0.15, 0.2) is 0 Å². The largest absolute Gasteiger partial charge is 0.478 e. The van der Waals surface area contributed by atoms with Gasteiger partial charge in [-0.15, -0.1) is 11.3 Å². The summed E-state index contributed by atoms with van der Waals surface area (Å²) in [5.74, 6) is -1.16. The van der Waals surface area contributed by atoms with E-state index in [2.05, 4.69) is 10.6 Å². The number of likely N-dealkylation sites (tertiary alicyclic amines) is 1. The summed E-state index contributed by atoms with van der Waals surface area (Å²) >= 11 is 7.03. The van der Waals surface area contributed by atoms with Gasteiger partial charge in [-0.25, -0.2) is 4.79 Å². The summed E-state index contributed by atoms with van der Waals surface area (Å²) in [7, 11) is 3.53. The molecular weight excluding hydrogens is 492 g/mol. The van der Waals surface area contributed by atoms with E-state index in [1.807, 2.05) is 11.9 Å². The van der Waals surface area contributed by atoms with Gasteiger partial charge in [0, 0.05) is 43.3 Å². The topological polar surface area (TPSA) is 121 Å². The minimum atomic E-state index is -1.04. The average molecular weight is 517 g/mol. The second kappa shape index (κ2) is 11.8. The zero-order chi connectivity index (χ0) is 25.5. The molecule has 0 radical (unpaired) electrons. The number of aldehydes is 1. The molecule has 3 heterocycles. The number of aromatic nitrogens is 1. The van der Waals surface area contributed by atoms with Gasteiger partial charge in [0.2, 0.25) is 0 Å². The Labute approximate surface area is 211 Å². The molecule has 11 heteroatoms. The van der Waals surface area contributed by atoms with E-state index in [-0.39, 0.29) is 29.1 Å². The highest BCUT2D eigenvalue weighted by Gasteiger charge is 2.30. The summed E-state index contributed by atoms with van der Waals surface area (Å²) in [6.45, 7) is 0.703. The van der Waals surface area contributed by atoms with Crippen molar-refractivity contribution in [2.24, 2.45) is 0 Å². The number of carboxylic acid groups (broad SMARTS) is 1. The Kier molecular flexibility index (Phi) is 8.80. The van der Waals surface area contributed by atoms with Gasteiger partial charge in [-0.05, 0) is 49.9 Å². The summed E-state index contributed by atoms with van der Waals surface area (Å²) in [5.41, 5.74) is 0.962. The highest BCUT2D eigenvalue weighted by Crippen LogP contribution is 2.22. The van der Waals surface area contributed by atoms with E-state index in [1.54, 1.807) is 49.6 Å². The number of carboxylic acids is 1. The van der Waals surface area contributed by atoms with Crippen molar-refractivity contribution in [3.8, 4) is 5.69 Å². The number of amides is 1. The van der Waals surface area contributed by atoms with Gasteiger partial charge in [0.1, 0.15) is 6.29 Å². The Morgan fingerprint density at radius 3 is 2.54 bits per heavy atom. The molecule has 0 aliphatic carbocycles. The maximum atomic E-state index is 11.8. The van der Waals surface area contributed by atoms with Crippen molar-refractivity contribution in [3.63, 3.8) is 0 Å². The van der Waals surface area contributed by atoms with Crippen LogP contribution < -0.4 is 16.2 Å². The van der Waals surface area contributed by atoms with Crippen LogP contribution in [0.5, 0.6) is 0 Å². The first-order chi connectivity index (χ1) is 16.7. The number of carbonyl (C=O) groups is 3. The number of anilines is 1. The smallest absolute Gasteiger partial charge is 0.337 e. The van der Waals surface area contributed by atoms with Gasteiger partial charge in [-0.2, -0.15) is 0 Å². The molecule has 1 amide bonds. The Balaban J connectivity index is 0.000000196. The number of hydrogen-bond acceptors (Lipinski definition) is 7. The Morgan fingerprint density at radius 2 is 1.97 bits per heavy atom. The van der Waals surface area contributed by atoms with Crippen LogP contribution in [0.3, 0.4) is 0 Å². The first-order valence-corrected chi connectivity index (χ1v) is 11.9. The molecule has 35 heavy (non-hydrogen) atoms. The Hall–Kier alpha value is -3.47. The molecule has 3 N–H and O–H groups in total. The zero-order valence-electron chi connectivity index (χ0n) is 19.1. The predicted molar refractivity (Wildman–Crippen MR) is 136 cm³/mol. The molecule has 4 rings (SSSR count). The van der Waals surface area contributed by atoms with E-state index >= 15 is 0 Å². The van der Waals surface area contributed by atoms with Crippen molar-refractivity contribution in [3.05, 3.63) is 79.9 Å². The maximum Gasteiger partial charge on any atom is 0.337 e. The van der Waals surface area contributed by atoms with E-state index in [9.17, 15) is 19.2 Å². The van der Waals surface area contributed by atoms with E-state index < -0.39 is 5.97 Å². The number of likely N-dealkylation sites (N-methyl/N-ethyl adjacent to an activating group) is 1. The second-order valence-electron chi connectivity index (χ2n) is 7.85. The number of hydrogen-bond donors (Lipinski definition) is 3. The quantitative estimate of drug-likeness (QED) is 0.431. The number of halogens is 1. The van der Waals surface area contributed by atoms with Gasteiger partial charge in [-0.3, -0.25) is 19.1 Å². The van der Waals surface area contributed by atoms with Crippen molar-refractivity contribution in [2.45, 2.75) is 18.5 Å². The standard InChI is InChI=1S/C13H12N2O3.C11H13ClN2O2S/c1-14-11-6-5-9(8-10(11)13(17)18)15-7-3-2-4-12(15)16;1-14-5-7(4-8(14)6-15)13-11(16)9-2-3-10(12)17-9/h2-8,14H,1H3,(H,17,18);2-3,6-8H,4-5H2,1H3,(H,13,16). The number of nitrogens with one attached hydrogen (secondary N) is 2. The molecule has 184 valence electrons. The zero-order valence-corrected chi connectivity index (χ0v) is 20.7. The molecule has 1 saturated heterocycles. The van der Waals surface area contributed by atoms with Crippen LogP contribution in [0.2, 0.25) is 4.34 Å². The normalized spacial score (nSPS) is 17.2. The molecular formula is C24H25ClN4O5S.